The number of likely N-dealkylation sites (tertiary alicyclic amines) is 1. The number of thioether (sulfide) groups is 1. The summed E-state index contributed by atoms with van der Waals surface area (Å²) >= 11 is 1.57. The Hall–Kier alpha value is -4.50. The van der Waals surface area contributed by atoms with Gasteiger partial charge in [-0.25, -0.2) is 4.79 Å². The number of hydrogen-bond donors (Lipinski definition) is 10. The molecule has 0 radical (unpaired) electrons. The van der Waals surface area contributed by atoms with Gasteiger partial charge in [0.1, 0.15) is 42.3 Å². The summed E-state index contributed by atoms with van der Waals surface area (Å²) in [4.78, 5) is 121. The van der Waals surface area contributed by atoms with Crippen LogP contribution < -0.4 is 48.7 Å². The predicted octanol–water partition coefficient (Wildman–Crippen LogP) is 0.501. The molecule has 0 aromatic rings. The van der Waals surface area contributed by atoms with Gasteiger partial charge in [0.15, 0.2) is 0 Å². The quantitative estimate of drug-likeness (QED) is 0.0424. The highest BCUT2D eigenvalue weighted by molar-refractivity contribution is 7.98. The number of carboxylic acid groups (broad SMARTS) is 1. The lowest BCUT2D eigenvalue weighted by Gasteiger charge is -2.30. The van der Waals surface area contributed by atoms with Gasteiger partial charge in [0.25, 0.3) is 0 Å². The summed E-state index contributed by atoms with van der Waals surface area (Å²) in [5.74, 6) is -6.29. The number of carboxylic acids is 1. The van der Waals surface area contributed by atoms with Crippen molar-refractivity contribution in [1.29, 1.82) is 0 Å². The highest BCUT2D eigenvalue weighted by Crippen LogP contribution is 2.20. The molecule has 378 valence electrons. The van der Waals surface area contributed by atoms with Crippen molar-refractivity contribution in [2.45, 2.75) is 175 Å². The van der Waals surface area contributed by atoms with Crippen molar-refractivity contribution in [3.05, 3.63) is 0 Å². The van der Waals surface area contributed by atoms with Crippen molar-refractivity contribution >= 4 is 65.0 Å². The predicted molar refractivity (Wildman–Crippen MR) is 254 cm³/mol. The molecule has 8 amide bonds. The fourth-order valence-electron chi connectivity index (χ4n) is 7.42. The number of carbonyl (C=O) groups excluding carboxylic acids is 8. The van der Waals surface area contributed by atoms with Crippen molar-refractivity contribution < 1.29 is 48.3 Å². The second-order valence-corrected chi connectivity index (χ2v) is 19.4. The van der Waals surface area contributed by atoms with Crippen LogP contribution in [0.3, 0.4) is 0 Å². The number of aliphatic carboxylic acids is 1. The van der Waals surface area contributed by atoms with Crippen LogP contribution in [0.1, 0.15) is 127 Å². The van der Waals surface area contributed by atoms with E-state index in [0.717, 1.165) is 0 Å². The fourth-order valence-corrected chi connectivity index (χ4v) is 7.91. The summed E-state index contributed by atoms with van der Waals surface area (Å²) in [5.41, 5.74) is 11.8. The minimum Gasteiger partial charge on any atom is -0.480 e. The van der Waals surface area contributed by atoms with E-state index in [9.17, 15) is 48.3 Å². The number of nitrogens with two attached hydrogens (primary N) is 2. The summed E-state index contributed by atoms with van der Waals surface area (Å²) in [6, 6.07) is -8.23. The van der Waals surface area contributed by atoms with Crippen LogP contribution in [0.2, 0.25) is 0 Å². The van der Waals surface area contributed by atoms with Crippen LogP contribution in [-0.4, -0.2) is 143 Å². The van der Waals surface area contributed by atoms with Gasteiger partial charge in [-0.3, -0.25) is 38.4 Å². The molecular formula is C45H82N10O10S. The van der Waals surface area contributed by atoms with Crippen LogP contribution in [0.5, 0.6) is 0 Å². The number of nitrogens with one attached hydrogen (secondary N) is 7. The summed E-state index contributed by atoms with van der Waals surface area (Å²) in [5, 5.41) is 28.3. The lowest BCUT2D eigenvalue weighted by Crippen LogP contribution is -2.60. The zero-order chi connectivity index (χ0) is 50.3. The van der Waals surface area contributed by atoms with Gasteiger partial charge in [-0.05, 0) is 101 Å². The topological polar surface area (TPSA) is 313 Å². The maximum absolute atomic E-state index is 13.8. The monoisotopic (exact) mass is 955 g/mol. The maximum atomic E-state index is 13.8. The van der Waals surface area contributed by atoms with Crippen LogP contribution in [0.15, 0.2) is 0 Å². The summed E-state index contributed by atoms with van der Waals surface area (Å²) < 4.78 is 0. The van der Waals surface area contributed by atoms with E-state index < -0.39 is 102 Å². The van der Waals surface area contributed by atoms with Gasteiger partial charge in [0, 0.05) is 6.54 Å². The number of nitrogens with zero attached hydrogens (tertiary/aromatic N) is 1. The van der Waals surface area contributed by atoms with Crippen LogP contribution in [0.25, 0.3) is 0 Å². The van der Waals surface area contributed by atoms with Gasteiger partial charge in [0.2, 0.25) is 47.3 Å². The van der Waals surface area contributed by atoms with E-state index in [4.69, 9.17) is 11.5 Å². The van der Waals surface area contributed by atoms with E-state index in [0.29, 0.717) is 63.8 Å². The van der Waals surface area contributed by atoms with E-state index in [-0.39, 0.29) is 48.8 Å². The Morgan fingerprint density at radius 3 is 1.77 bits per heavy atom. The molecule has 21 heteroatoms. The zero-order valence-corrected chi connectivity index (χ0v) is 41.8. The van der Waals surface area contributed by atoms with Gasteiger partial charge in [0.05, 0.1) is 12.6 Å². The van der Waals surface area contributed by atoms with Gasteiger partial charge < -0.3 is 58.7 Å². The van der Waals surface area contributed by atoms with Gasteiger partial charge in [-0.15, -0.1) is 0 Å². The highest BCUT2D eigenvalue weighted by atomic mass is 32.2. The van der Waals surface area contributed by atoms with E-state index >= 15 is 0 Å². The third kappa shape index (κ3) is 20.6. The third-order valence-corrected chi connectivity index (χ3v) is 12.5. The molecule has 10 atom stereocenters. The number of amides is 8. The third-order valence-electron chi connectivity index (χ3n) is 11.8. The molecule has 1 rings (SSSR count). The molecule has 1 saturated heterocycles. The van der Waals surface area contributed by atoms with Crippen LogP contribution >= 0.6 is 11.8 Å². The zero-order valence-electron chi connectivity index (χ0n) is 41.0. The van der Waals surface area contributed by atoms with Gasteiger partial charge in [-0.2, -0.15) is 11.8 Å². The summed E-state index contributed by atoms with van der Waals surface area (Å²) in [6.45, 7) is 16.1. The lowest BCUT2D eigenvalue weighted by molar-refractivity contribution is -0.144. The molecule has 1 aliphatic rings. The summed E-state index contributed by atoms with van der Waals surface area (Å²) in [7, 11) is 0. The molecule has 1 heterocycles. The van der Waals surface area contributed by atoms with Crippen molar-refractivity contribution in [2.75, 3.05) is 31.6 Å². The molecule has 0 bridgehead atoms. The van der Waals surface area contributed by atoms with Crippen molar-refractivity contribution in [3.8, 4) is 0 Å². The Kier molecular flexibility index (Phi) is 27.7. The maximum Gasteiger partial charge on any atom is 0.326 e. The first-order valence-electron chi connectivity index (χ1n) is 23.6. The normalized spacial score (nSPS) is 17.8. The molecule has 0 unspecified atom stereocenters. The van der Waals surface area contributed by atoms with Crippen LogP contribution in [0, 0.1) is 23.7 Å². The molecule has 0 spiro atoms. The molecule has 0 aromatic carbocycles. The van der Waals surface area contributed by atoms with E-state index in [2.05, 4.69) is 37.2 Å². The second kappa shape index (κ2) is 30.7. The number of rotatable bonds is 31. The second-order valence-electron chi connectivity index (χ2n) is 18.4. The minimum atomic E-state index is -1.19. The van der Waals surface area contributed by atoms with Gasteiger partial charge >= 0.3 is 5.97 Å². The van der Waals surface area contributed by atoms with Gasteiger partial charge in [-0.1, -0.05) is 68.2 Å². The summed E-state index contributed by atoms with van der Waals surface area (Å²) in [6.07, 6.45) is 6.03. The minimum absolute atomic E-state index is 0.0840. The van der Waals surface area contributed by atoms with Crippen LogP contribution in [0.4, 0.5) is 0 Å². The standard InChI is InChI=1S/C45H82N10O10S/c1-11-27(7)36(43(62)54-37(45(64)65)28(8)12-2)53-41(60)33(23-26(5)6)52-40(59)32(22-25(3)4)50-35(56)24-48-38(57)29(9)49-39(58)31(16-13-14-19-46)51-42(61)34-17-15-20-55(34)44(63)30(47)18-21-66-10/h25-34,36-37H,11-24,46-47H2,1-10H3,(H,48,57)(H,49,58)(H,50,56)(H,51,61)(H,52,59)(H,53,60)(H,54,62)(H,64,65)/t27-,28-,29-,30-,31-,32-,33-,34-,36-,37-/m0/s1. The number of unbranched alkanes of at least 4 members (excludes halogenated alkanes) is 1. The average Bonchev–Trinajstić information content (AvgIpc) is 3.76. The van der Waals surface area contributed by atoms with Crippen LogP contribution in [-0.2, 0) is 43.2 Å². The molecule has 1 aliphatic heterocycles. The molecule has 1 fully saturated rings. The molecule has 0 aromatic heterocycles. The van der Waals surface area contributed by atoms with Crippen molar-refractivity contribution in [2.24, 2.45) is 35.1 Å². The first-order valence-corrected chi connectivity index (χ1v) is 25.0. The van der Waals surface area contributed by atoms with Crippen molar-refractivity contribution in [3.63, 3.8) is 0 Å². The van der Waals surface area contributed by atoms with Crippen molar-refractivity contribution in [1.82, 2.24) is 42.1 Å². The van der Waals surface area contributed by atoms with E-state index in [1.165, 1.54) is 11.8 Å². The lowest BCUT2D eigenvalue weighted by atomic mass is 9.94. The molecule has 20 nitrogen and oxygen atoms in total. The number of carbonyl (C=O) groups is 9. The molecule has 12 N–H and O–H groups in total. The first kappa shape index (κ1) is 59.5. The Morgan fingerprint density at radius 2 is 1.23 bits per heavy atom. The Labute approximate surface area is 395 Å². The highest BCUT2D eigenvalue weighted by Gasteiger charge is 2.38. The van der Waals surface area contributed by atoms with E-state index in [1.54, 1.807) is 25.6 Å². The molecular weight excluding hydrogens is 873 g/mol. The Bertz CT molecular complexity index is 1620. The Morgan fingerprint density at radius 1 is 0.682 bits per heavy atom. The van der Waals surface area contributed by atoms with E-state index in [1.807, 2.05) is 47.8 Å². The largest absolute Gasteiger partial charge is 0.480 e. The SMILES string of the molecule is CC[C@H](C)[C@H](NC(=O)[C@@H](NC(=O)[C@H](CC(C)C)NC(=O)[C@H](CC(C)C)NC(=O)CNC(=O)[C@H](C)NC(=O)[C@H](CCCCN)NC(=O)[C@@H]1CCCN1C(=O)[C@@H](N)CCSC)[C@@H](C)CC)C(=O)O. The first-order chi connectivity index (χ1) is 31.0. The Balaban J connectivity index is 3.05. The smallest absolute Gasteiger partial charge is 0.326 e. The number of hydrogen-bond acceptors (Lipinski definition) is 12. The molecule has 0 aliphatic carbocycles. The fraction of sp³-hybridized carbons (Fsp3) is 0.800. The molecule has 66 heavy (non-hydrogen) atoms. The molecule has 0 saturated carbocycles. The average molecular weight is 955 g/mol.